The molecule has 0 spiro atoms. The molecule has 0 bridgehead atoms. The fourth-order valence-electron chi connectivity index (χ4n) is 1.02. The van der Waals surface area contributed by atoms with Crippen LogP contribution >= 0.6 is 0 Å². The Hall–Kier alpha value is -1.55. The zero-order valence-electron chi connectivity index (χ0n) is 8.00. The van der Waals surface area contributed by atoms with Gasteiger partial charge in [0, 0.05) is 0 Å². The quantitative estimate of drug-likeness (QED) is 0.425. The molecular formula is C11H10F2O2. The van der Waals surface area contributed by atoms with Crippen LogP contribution < -0.4 is 0 Å². The first-order valence-electron chi connectivity index (χ1n) is 4.32. The van der Waals surface area contributed by atoms with Gasteiger partial charge in [0.25, 0.3) is 0 Å². The number of benzene rings is 1. The summed E-state index contributed by atoms with van der Waals surface area (Å²) < 4.78 is 30.6. The van der Waals surface area contributed by atoms with Crippen LogP contribution in [-0.4, -0.2) is 19.0 Å². The second-order valence-electron chi connectivity index (χ2n) is 2.85. The highest BCUT2D eigenvalue weighted by atomic mass is 19.1. The lowest BCUT2D eigenvalue weighted by Crippen LogP contribution is -2.11. The first-order valence-corrected chi connectivity index (χ1v) is 4.32. The maximum absolute atomic E-state index is 13.1. The highest BCUT2D eigenvalue weighted by Crippen LogP contribution is 2.10. The molecule has 0 aliphatic rings. The molecule has 0 N–H and O–H groups in total. The van der Waals surface area contributed by atoms with Crippen molar-refractivity contribution in [2.45, 2.75) is 0 Å². The third-order valence-corrected chi connectivity index (χ3v) is 1.70. The predicted octanol–water partition coefficient (Wildman–Crippen LogP) is 2.35. The van der Waals surface area contributed by atoms with E-state index >= 15 is 0 Å². The monoisotopic (exact) mass is 212 g/mol. The first-order chi connectivity index (χ1) is 7.15. The smallest absolute Gasteiger partial charge is 0.191 e. The summed E-state index contributed by atoms with van der Waals surface area (Å²) in [5.74, 6) is -1.99. The Bertz CT molecular complexity index is 375. The molecule has 0 saturated carbocycles. The summed E-state index contributed by atoms with van der Waals surface area (Å²) >= 11 is 0. The summed E-state index contributed by atoms with van der Waals surface area (Å²) in [6, 6.07) is 2.72. The van der Waals surface area contributed by atoms with E-state index in [1.807, 2.05) is 0 Å². The highest BCUT2D eigenvalue weighted by molar-refractivity contribution is 5.97. The van der Waals surface area contributed by atoms with Crippen molar-refractivity contribution < 1.29 is 18.3 Å². The molecule has 0 aliphatic heterocycles. The van der Waals surface area contributed by atoms with E-state index in [4.69, 9.17) is 4.74 Å². The molecule has 4 heteroatoms. The summed E-state index contributed by atoms with van der Waals surface area (Å²) in [6.07, 6.45) is 1.47. The van der Waals surface area contributed by atoms with Crippen LogP contribution in [0.1, 0.15) is 10.4 Å². The number of hydrogen-bond acceptors (Lipinski definition) is 2. The van der Waals surface area contributed by atoms with Crippen LogP contribution in [0.2, 0.25) is 0 Å². The Morgan fingerprint density at radius 3 is 2.87 bits per heavy atom. The van der Waals surface area contributed by atoms with Gasteiger partial charge in [0.2, 0.25) is 0 Å². The Morgan fingerprint density at radius 1 is 1.47 bits per heavy atom. The lowest BCUT2D eigenvalue weighted by Gasteiger charge is -2.02. The van der Waals surface area contributed by atoms with E-state index in [0.29, 0.717) is 0 Å². The van der Waals surface area contributed by atoms with Gasteiger partial charge in [-0.25, -0.2) is 8.78 Å². The van der Waals surface area contributed by atoms with Crippen molar-refractivity contribution in [1.29, 1.82) is 0 Å². The number of carbonyl (C=O) groups excluding carboxylic acids is 1. The fraction of sp³-hybridized carbons (Fsp3) is 0.182. The molecule has 80 valence electrons. The number of ketones is 1. The molecule has 1 rings (SSSR count). The fourth-order valence-corrected chi connectivity index (χ4v) is 1.02. The van der Waals surface area contributed by atoms with Crippen molar-refractivity contribution in [3.8, 4) is 0 Å². The Labute approximate surface area is 86.2 Å². The lowest BCUT2D eigenvalue weighted by atomic mass is 10.1. The molecule has 0 atom stereocenters. The van der Waals surface area contributed by atoms with Gasteiger partial charge in [0.1, 0.15) is 18.2 Å². The molecule has 15 heavy (non-hydrogen) atoms. The molecule has 0 unspecified atom stereocenters. The molecule has 2 nitrogen and oxygen atoms in total. The van der Waals surface area contributed by atoms with Crippen LogP contribution in [0, 0.1) is 11.6 Å². The van der Waals surface area contributed by atoms with Crippen molar-refractivity contribution in [2.75, 3.05) is 13.2 Å². The van der Waals surface area contributed by atoms with Crippen LogP contribution in [0.5, 0.6) is 0 Å². The summed E-state index contributed by atoms with van der Waals surface area (Å²) in [5.41, 5.74) is -0.293. The second-order valence-corrected chi connectivity index (χ2v) is 2.85. The summed E-state index contributed by atoms with van der Waals surface area (Å²) in [7, 11) is 0. The minimum Gasteiger partial charge on any atom is -0.369 e. The Morgan fingerprint density at radius 2 is 2.20 bits per heavy atom. The average molecular weight is 212 g/mol. The minimum atomic E-state index is -0.747. The maximum Gasteiger partial charge on any atom is 0.191 e. The zero-order valence-corrected chi connectivity index (χ0v) is 8.00. The minimum absolute atomic E-state index is 0.197. The van der Waals surface area contributed by atoms with Crippen molar-refractivity contribution in [3.05, 3.63) is 48.1 Å². The molecule has 1 aromatic carbocycles. The van der Waals surface area contributed by atoms with Crippen LogP contribution in [0.25, 0.3) is 0 Å². The second kappa shape index (κ2) is 5.36. The van der Waals surface area contributed by atoms with Crippen molar-refractivity contribution >= 4 is 5.78 Å². The number of rotatable bonds is 5. The molecule has 0 aliphatic carbocycles. The Balaban J connectivity index is 2.72. The normalized spacial score (nSPS) is 10.0. The molecule has 1 aromatic rings. The van der Waals surface area contributed by atoms with E-state index < -0.39 is 17.4 Å². The van der Waals surface area contributed by atoms with E-state index in [-0.39, 0.29) is 18.8 Å². The van der Waals surface area contributed by atoms with Crippen LogP contribution in [0.3, 0.4) is 0 Å². The number of Topliss-reactive ketones (excluding diaryl/α,β-unsaturated/α-hetero) is 1. The number of hydrogen-bond donors (Lipinski definition) is 0. The van der Waals surface area contributed by atoms with E-state index in [1.54, 1.807) is 0 Å². The van der Waals surface area contributed by atoms with E-state index in [2.05, 4.69) is 6.58 Å². The molecule has 0 saturated heterocycles. The number of carbonyl (C=O) groups is 1. The van der Waals surface area contributed by atoms with Gasteiger partial charge in [-0.05, 0) is 18.2 Å². The van der Waals surface area contributed by atoms with Gasteiger partial charge < -0.3 is 4.74 Å². The molecular weight excluding hydrogens is 202 g/mol. The zero-order chi connectivity index (χ0) is 11.3. The van der Waals surface area contributed by atoms with Gasteiger partial charge in [0.05, 0.1) is 12.2 Å². The van der Waals surface area contributed by atoms with E-state index in [0.717, 1.165) is 18.2 Å². The third-order valence-electron chi connectivity index (χ3n) is 1.70. The standard InChI is InChI=1S/C11H10F2O2/c1-2-5-15-7-11(14)9-6-8(12)3-4-10(9)13/h2-4,6H,1,5,7H2. The van der Waals surface area contributed by atoms with Gasteiger partial charge in [0.15, 0.2) is 5.78 Å². The average Bonchev–Trinajstić information content (AvgIpc) is 2.22. The van der Waals surface area contributed by atoms with Crippen LogP contribution in [-0.2, 0) is 4.74 Å². The van der Waals surface area contributed by atoms with Crippen molar-refractivity contribution in [1.82, 2.24) is 0 Å². The SMILES string of the molecule is C=CCOCC(=O)c1cc(F)ccc1F. The van der Waals surface area contributed by atoms with Gasteiger partial charge in [-0.2, -0.15) is 0 Å². The van der Waals surface area contributed by atoms with E-state index in [9.17, 15) is 13.6 Å². The third kappa shape index (κ3) is 3.25. The summed E-state index contributed by atoms with van der Waals surface area (Å²) in [6.45, 7) is 3.30. The largest absolute Gasteiger partial charge is 0.369 e. The van der Waals surface area contributed by atoms with Crippen molar-refractivity contribution in [2.24, 2.45) is 0 Å². The lowest BCUT2D eigenvalue weighted by molar-refractivity contribution is 0.0802. The predicted molar refractivity (Wildman–Crippen MR) is 51.7 cm³/mol. The molecule has 0 amide bonds. The number of ether oxygens (including phenoxy) is 1. The topological polar surface area (TPSA) is 26.3 Å². The highest BCUT2D eigenvalue weighted by Gasteiger charge is 2.12. The maximum atomic E-state index is 13.1. The number of halogens is 2. The van der Waals surface area contributed by atoms with E-state index in [1.165, 1.54) is 6.08 Å². The van der Waals surface area contributed by atoms with Crippen molar-refractivity contribution in [3.63, 3.8) is 0 Å². The van der Waals surface area contributed by atoms with Gasteiger partial charge >= 0.3 is 0 Å². The van der Waals surface area contributed by atoms with Crippen LogP contribution in [0.15, 0.2) is 30.9 Å². The van der Waals surface area contributed by atoms with Gasteiger partial charge in [-0.1, -0.05) is 6.08 Å². The first kappa shape index (κ1) is 11.5. The van der Waals surface area contributed by atoms with Gasteiger partial charge in [-0.15, -0.1) is 6.58 Å². The molecule has 0 radical (unpaired) electrons. The van der Waals surface area contributed by atoms with Crippen LogP contribution in [0.4, 0.5) is 8.78 Å². The summed E-state index contributed by atoms with van der Waals surface area (Å²) in [4.78, 5) is 11.3. The van der Waals surface area contributed by atoms with Gasteiger partial charge in [-0.3, -0.25) is 4.79 Å². The molecule has 0 aromatic heterocycles. The molecule has 0 fully saturated rings. The Kier molecular flexibility index (Phi) is 4.12. The molecule has 0 heterocycles. The summed E-state index contributed by atoms with van der Waals surface area (Å²) in [5, 5.41) is 0.